The van der Waals surface area contributed by atoms with Crippen LogP contribution in [-0.2, 0) is 13.0 Å². The molecule has 4 nitrogen and oxygen atoms in total. The number of thiazole rings is 1. The molecule has 2 rings (SSSR count). The molecule has 19 heavy (non-hydrogen) atoms. The number of nitrogens with two attached hydrogens (primary N) is 1. The Bertz CT molecular complexity index is 518. The molecule has 1 heterocycles. The summed E-state index contributed by atoms with van der Waals surface area (Å²) in [5.41, 5.74) is 6.57. The lowest BCUT2D eigenvalue weighted by Crippen LogP contribution is -2.20. The third-order valence-corrected chi connectivity index (χ3v) is 3.56. The van der Waals surface area contributed by atoms with Crippen molar-refractivity contribution < 1.29 is 5.11 Å². The molecule has 0 bridgehead atoms. The van der Waals surface area contributed by atoms with Gasteiger partial charge in [0.15, 0.2) is 5.13 Å². The van der Waals surface area contributed by atoms with Crippen molar-refractivity contribution in [2.24, 2.45) is 0 Å². The third kappa shape index (κ3) is 4.70. The van der Waals surface area contributed by atoms with Gasteiger partial charge in [0.1, 0.15) is 5.75 Å². The number of nitrogens with zero attached hydrogens (tertiary/aromatic N) is 2. The number of phenols is 1. The molecule has 0 amide bonds. The van der Waals surface area contributed by atoms with Crippen molar-refractivity contribution in [3.63, 3.8) is 0 Å². The molecular weight excluding hydrogens is 282 g/mol. The lowest BCUT2D eigenvalue weighted by molar-refractivity contribution is 0.331. The fourth-order valence-corrected chi connectivity index (χ4v) is 2.54. The second-order valence-corrected chi connectivity index (χ2v) is 5.43. The number of nitrogen functional groups attached to an aromatic ring is 1. The first-order valence-electron chi connectivity index (χ1n) is 5.81. The van der Waals surface area contributed by atoms with Crippen molar-refractivity contribution in [2.75, 3.05) is 19.3 Å². The zero-order valence-electron chi connectivity index (χ0n) is 10.7. The van der Waals surface area contributed by atoms with Gasteiger partial charge < -0.3 is 15.7 Å². The Kier molecular flexibility index (Phi) is 6.08. The normalized spacial score (nSPS) is 10.4. The van der Waals surface area contributed by atoms with E-state index in [4.69, 9.17) is 5.73 Å². The van der Waals surface area contributed by atoms with Gasteiger partial charge in [-0.3, -0.25) is 0 Å². The highest BCUT2D eigenvalue weighted by molar-refractivity contribution is 7.15. The fourth-order valence-electron chi connectivity index (χ4n) is 1.77. The van der Waals surface area contributed by atoms with Crippen LogP contribution in [0.25, 0.3) is 0 Å². The lowest BCUT2D eigenvalue weighted by Gasteiger charge is -2.15. The minimum Gasteiger partial charge on any atom is -0.508 e. The Morgan fingerprint density at radius 3 is 2.74 bits per heavy atom. The number of hydrogen-bond acceptors (Lipinski definition) is 5. The summed E-state index contributed by atoms with van der Waals surface area (Å²) in [5.74, 6) is 0.368. The summed E-state index contributed by atoms with van der Waals surface area (Å²) in [6.07, 6.45) is 2.65. The van der Waals surface area contributed by atoms with Gasteiger partial charge in [-0.15, -0.1) is 23.7 Å². The molecule has 0 radical (unpaired) electrons. The van der Waals surface area contributed by atoms with Gasteiger partial charge in [0.2, 0.25) is 0 Å². The first-order valence-corrected chi connectivity index (χ1v) is 6.62. The number of benzene rings is 1. The number of hydrogen-bond donors (Lipinski definition) is 2. The highest BCUT2D eigenvalue weighted by Gasteiger charge is 2.05. The number of halogens is 1. The second kappa shape index (κ2) is 7.33. The smallest absolute Gasteiger partial charge is 0.180 e. The van der Waals surface area contributed by atoms with E-state index in [1.54, 1.807) is 6.07 Å². The van der Waals surface area contributed by atoms with Crippen molar-refractivity contribution in [2.45, 2.75) is 13.0 Å². The summed E-state index contributed by atoms with van der Waals surface area (Å²) < 4.78 is 0. The van der Waals surface area contributed by atoms with E-state index in [-0.39, 0.29) is 12.4 Å². The molecule has 0 unspecified atom stereocenters. The largest absolute Gasteiger partial charge is 0.508 e. The van der Waals surface area contributed by atoms with Crippen LogP contribution >= 0.6 is 23.7 Å². The predicted octanol–water partition coefficient (Wildman–Crippen LogP) is 2.53. The molecular formula is C13H18ClN3OS. The standard InChI is InChI=1S/C13H17N3OS.ClH/c1-16(9-11-8-15-13(14)18-11)7-6-10-4-2-3-5-12(10)17;/h2-5,8,17H,6-7,9H2,1H3,(H2,14,15);1H. The van der Waals surface area contributed by atoms with E-state index in [1.165, 1.54) is 11.3 Å². The zero-order valence-corrected chi connectivity index (χ0v) is 12.4. The molecule has 3 N–H and O–H groups in total. The number of aromatic hydroxyl groups is 1. The SMILES string of the molecule is CN(CCc1ccccc1O)Cc1cnc(N)s1.Cl. The molecule has 1 aromatic heterocycles. The Morgan fingerprint density at radius 2 is 2.11 bits per heavy atom. The van der Waals surface area contributed by atoms with Crippen LogP contribution < -0.4 is 5.73 Å². The fraction of sp³-hybridized carbons (Fsp3) is 0.308. The number of para-hydroxylation sites is 1. The molecule has 0 saturated heterocycles. The molecule has 6 heteroatoms. The monoisotopic (exact) mass is 299 g/mol. The minimum atomic E-state index is 0. The van der Waals surface area contributed by atoms with Crippen LogP contribution in [0, 0.1) is 0 Å². The van der Waals surface area contributed by atoms with Crippen LogP contribution in [0.3, 0.4) is 0 Å². The quantitative estimate of drug-likeness (QED) is 0.890. The molecule has 0 aliphatic heterocycles. The summed E-state index contributed by atoms with van der Waals surface area (Å²) in [5, 5.41) is 10.3. The average Bonchev–Trinajstić information content (AvgIpc) is 2.74. The minimum absolute atomic E-state index is 0. The maximum absolute atomic E-state index is 9.67. The van der Waals surface area contributed by atoms with Gasteiger partial charge in [-0.05, 0) is 25.1 Å². The molecule has 0 saturated carbocycles. The average molecular weight is 300 g/mol. The summed E-state index contributed by atoms with van der Waals surface area (Å²) in [6, 6.07) is 7.45. The Labute approximate surface area is 123 Å². The number of phenolic OH excluding ortho intramolecular Hbond substituents is 1. The lowest BCUT2D eigenvalue weighted by atomic mass is 10.1. The second-order valence-electron chi connectivity index (χ2n) is 4.28. The topological polar surface area (TPSA) is 62.4 Å². The molecule has 2 aromatic rings. The number of anilines is 1. The van der Waals surface area contributed by atoms with E-state index in [9.17, 15) is 5.11 Å². The first-order chi connectivity index (χ1) is 8.65. The maximum atomic E-state index is 9.67. The van der Waals surface area contributed by atoms with E-state index >= 15 is 0 Å². The van der Waals surface area contributed by atoms with Crippen molar-refractivity contribution in [3.8, 4) is 5.75 Å². The van der Waals surface area contributed by atoms with Crippen LogP contribution in [0.2, 0.25) is 0 Å². The van der Waals surface area contributed by atoms with E-state index in [2.05, 4.69) is 16.9 Å². The van der Waals surface area contributed by atoms with Gasteiger partial charge in [0.25, 0.3) is 0 Å². The summed E-state index contributed by atoms with van der Waals surface area (Å²) in [6.45, 7) is 1.72. The van der Waals surface area contributed by atoms with Gasteiger partial charge in [0, 0.05) is 24.2 Å². The third-order valence-electron chi connectivity index (χ3n) is 2.75. The zero-order chi connectivity index (χ0) is 13.0. The van der Waals surface area contributed by atoms with Crippen molar-refractivity contribution in [3.05, 3.63) is 40.9 Å². The highest BCUT2D eigenvalue weighted by Crippen LogP contribution is 2.18. The van der Waals surface area contributed by atoms with Gasteiger partial charge in [-0.1, -0.05) is 18.2 Å². The molecule has 0 aliphatic carbocycles. The highest BCUT2D eigenvalue weighted by atomic mass is 35.5. The van der Waals surface area contributed by atoms with Crippen LogP contribution in [0.1, 0.15) is 10.4 Å². The van der Waals surface area contributed by atoms with E-state index in [1.807, 2.05) is 24.4 Å². The van der Waals surface area contributed by atoms with Crippen LogP contribution in [0.4, 0.5) is 5.13 Å². The molecule has 0 fully saturated rings. The molecule has 0 aliphatic rings. The van der Waals surface area contributed by atoms with E-state index < -0.39 is 0 Å². The maximum Gasteiger partial charge on any atom is 0.180 e. The molecule has 1 aromatic carbocycles. The van der Waals surface area contributed by atoms with Crippen LogP contribution in [0.15, 0.2) is 30.5 Å². The number of likely N-dealkylation sites (N-methyl/N-ethyl adjacent to an activating group) is 1. The Hall–Kier alpha value is -1.30. The van der Waals surface area contributed by atoms with Crippen LogP contribution in [-0.4, -0.2) is 28.6 Å². The van der Waals surface area contributed by atoms with Gasteiger partial charge >= 0.3 is 0 Å². The molecule has 104 valence electrons. The van der Waals surface area contributed by atoms with Crippen molar-refractivity contribution >= 4 is 28.9 Å². The first kappa shape index (κ1) is 15.8. The van der Waals surface area contributed by atoms with Crippen molar-refractivity contribution in [1.82, 2.24) is 9.88 Å². The van der Waals surface area contributed by atoms with Gasteiger partial charge in [-0.2, -0.15) is 0 Å². The number of aromatic nitrogens is 1. The Morgan fingerprint density at radius 1 is 1.37 bits per heavy atom. The van der Waals surface area contributed by atoms with Gasteiger partial charge in [-0.25, -0.2) is 4.98 Å². The van der Waals surface area contributed by atoms with Crippen molar-refractivity contribution in [1.29, 1.82) is 0 Å². The Balaban J connectivity index is 0.00000180. The van der Waals surface area contributed by atoms with E-state index in [0.717, 1.165) is 30.0 Å². The summed E-state index contributed by atoms with van der Waals surface area (Å²) in [7, 11) is 2.05. The predicted molar refractivity (Wildman–Crippen MR) is 81.9 cm³/mol. The molecule has 0 spiro atoms. The summed E-state index contributed by atoms with van der Waals surface area (Å²) in [4.78, 5) is 7.39. The molecule has 0 atom stereocenters. The number of rotatable bonds is 5. The summed E-state index contributed by atoms with van der Waals surface area (Å²) >= 11 is 1.52. The van der Waals surface area contributed by atoms with Crippen LogP contribution in [0.5, 0.6) is 5.75 Å². The van der Waals surface area contributed by atoms with E-state index in [0.29, 0.717) is 10.9 Å². The van der Waals surface area contributed by atoms with Gasteiger partial charge in [0.05, 0.1) is 0 Å².